The summed E-state index contributed by atoms with van der Waals surface area (Å²) in [6, 6.07) is 0. The van der Waals surface area contributed by atoms with Gasteiger partial charge in [-0.15, -0.1) is 0 Å². The minimum Gasteiger partial charge on any atom is -0.462 e. The zero-order chi connectivity index (χ0) is 49.3. The largest absolute Gasteiger partial charge is 0.462 e. The SMILES string of the molecule is CC\C=C/C=C\C=C/C=C\C=C/CCCC(=O)OCC(COC(=O)CCCCC\C=C/C=C\C=C\C=C/C=C\C=C/C=C\CC)OC(=O)CCCCCCC/C=C\CCCCCCCCCCC. The molecule has 0 aliphatic heterocycles. The minimum atomic E-state index is -0.838. The van der Waals surface area contributed by atoms with Crippen molar-refractivity contribution < 1.29 is 28.6 Å². The average Bonchev–Trinajstić information content (AvgIpc) is 3.34. The number of carbonyl (C=O) groups is 3. The summed E-state index contributed by atoms with van der Waals surface area (Å²) in [5.74, 6) is -1.07. The third kappa shape index (κ3) is 52.0. The van der Waals surface area contributed by atoms with Crippen LogP contribution in [0, 0.1) is 0 Å². The van der Waals surface area contributed by atoms with Crippen LogP contribution in [-0.4, -0.2) is 37.2 Å². The second kappa shape index (κ2) is 54.6. The van der Waals surface area contributed by atoms with E-state index in [1.165, 1.54) is 70.6 Å². The number of rotatable bonds is 45. The predicted molar refractivity (Wildman–Crippen MR) is 292 cm³/mol. The van der Waals surface area contributed by atoms with Gasteiger partial charge in [0.25, 0.3) is 0 Å². The fraction of sp³-hybridized carbons (Fsp3) is 0.532. The molecular weight excluding hydrogens is 841 g/mol. The van der Waals surface area contributed by atoms with Crippen LogP contribution in [-0.2, 0) is 28.6 Å². The first-order valence-electron chi connectivity index (χ1n) is 26.7. The Morgan fingerprint density at radius 2 is 0.603 bits per heavy atom. The van der Waals surface area contributed by atoms with Gasteiger partial charge < -0.3 is 14.2 Å². The highest BCUT2D eigenvalue weighted by Gasteiger charge is 2.19. The molecule has 0 rings (SSSR count). The van der Waals surface area contributed by atoms with Gasteiger partial charge in [-0.05, 0) is 77.0 Å². The summed E-state index contributed by atoms with van der Waals surface area (Å²) in [6.45, 7) is 6.21. The van der Waals surface area contributed by atoms with E-state index in [4.69, 9.17) is 14.2 Å². The third-order valence-electron chi connectivity index (χ3n) is 10.6. The Labute approximate surface area is 416 Å². The standard InChI is InChI=1S/C62H94O6/c1-4-7-10-13-16-19-22-25-27-29-31-33-34-37-40-43-46-49-52-55-61(64)67-58-59(57-66-60(63)54-51-48-45-42-39-36-24-21-18-15-12-9-6-3)68-62(65)56-53-50-47-44-41-38-35-32-30-28-26-23-20-17-14-11-8-5-2/h7,9-10,12-13,15-16,18-19,21-22,24-25,27,29,31-37,39-40,42,45,59H,4-6,8,11,14,17,20,23,26,28,30,38,41,43-44,46-58H2,1-3H3/b10-7-,12-9-,16-13-,18-15-,22-19-,24-21-,27-25-,31-29+,34-33-,35-32-,39-36-,40-37-,45-42-. The Morgan fingerprint density at radius 1 is 0.309 bits per heavy atom. The molecule has 1 atom stereocenters. The molecule has 0 radical (unpaired) electrons. The fourth-order valence-corrected chi connectivity index (χ4v) is 6.63. The van der Waals surface area contributed by atoms with Gasteiger partial charge in [0.05, 0.1) is 0 Å². The highest BCUT2D eigenvalue weighted by Crippen LogP contribution is 2.13. The van der Waals surface area contributed by atoms with Crippen LogP contribution in [0.15, 0.2) is 158 Å². The van der Waals surface area contributed by atoms with E-state index in [0.29, 0.717) is 12.8 Å². The van der Waals surface area contributed by atoms with Gasteiger partial charge in [-0.2, -0.15) is 0 Å². The van der Waals surface area contributed by atoms with E-state index in [1.807, 2.05) is 128 Å². The topological polar surface area (TPSA) is 78.9 Å². The van der Waals surface area contributed by atoms with Crippen LogP contribution in [0.25, 0.3) is 0 Å². The average molecular weight is 935 g/mol. The second-order valence-corrected chi connectivity index (χ2v) is 17.0. The molecule has 0 bridgehead atoms. The number of carbonyl (C=O) groups excluding carboxylic acids is 3. The third-order valence-corrected chi connectivity index (χ3v) is 10.6. The van der Waals surface area contributed by atoms with Crippen molar-refractivity contribution in [3.8, 4) is 0 Å². The van der Waals surface area contributed by atoms with Crippen molar-refractivity contribution in [1.29, 1.82) is 0 Å². The molecule has 1 unspecified atom stereocenters. The van der Waals surface area contributed by atoms with Crippen molar-refractivity contribution in [2.45, 2.75) is 200 Å². The van der Waals surface area contributed by atoms with E-state index in [-0.39, 0.29) is 50.4 Å². The zero-order valence-corrected chi connectivity index (χ0v) is 43.0. The van der Waals surface area contributed by atoms with Crippen LogP contribution in [0.1, 0.15) is 194 Å². The Kier molecular flexibility index (Phi) is 50.6. The van der Waals surface area contributed by atoms with Crippen LogP contribution in [0.5, 0.6) is 0 Å². The quantitative estimate of drug-likeness (QED) is 0.0199. The molecule has 68 heavy (non-hydrogen) atoms. The van der Waals surface area contributed by atoms with Gasteiger partial charge >= 0.3 is 17.9 Å². The molecule has 0 fully saturated rings. The van der Waals surface area contributed by atoms with Gasteiger partial charge in [-0.3, -0.25) is 14.4 Å². The Morgan fingerprint density at radius 3 is 1.01 bits per heavy atom. The molecule has 0 aromatic rings. The lowest BCUT2D eigenvalue weighted by atomic mass is 10.1. The molecular formula is C62H94O6. The molecule has 0 N–H and O–H groups in total. The molecule has 0 aliphatic carbocycles. The summed E-state index contributed by atoms with van der Waals surface area (Å²) < 4.78 is 16.7. The van der Waals surface area contributed by atoms with Gasteiger partial charge in [0.2, 0.25) is 0 Å². The molecule has 0 heterocycles. The number of esters is 3. The van der Waals surface area contributed by atoms with Gasteiger partial charge in [0, 0.05) is 19.3 Å². The van der Waals surface area contributed by atoms with Gasteiger partial charge in [-0.1, -0.05) is 256 Å². The molecule has 0 saturated carbocycles. The van der Waals surface area contributed by atoms with Crippen LogP contribution in [0.3, 0.4) is 0 Å². The molecule has 0 saturated heterocycles. The zero-order valence-electron chi connectivity index (χ0n) is 43.0. The molecule has 6 heteroatoms. The monoisotopic (exact) mass is 935 g/mol. The first-order valence-corrected chi connectivity index (χ1v) is 26.7. The fourth-order valence-electron chi connectivity index (χ4n) is 6.63. The normalized spacial score (nSPS) is 13.4. The summed E-state index contributed by atoms with van der Waals surface area (Å²) in [4.78, 5) is 38.0. The van der Waals surface area contributed by atoms with Crippen molar-refractivity contribution in [3.05, 3.63) is 158 Å². The van der Waals surface area contributed by atoms with E-state index in [2.05, 4.69) is 51.2 Å². The Bertz CT molecular complexity index is 1590. The first kappa shape index (κ1) is 63.0. The predicted octanol–water partition coefficient (Wildman–Crippen LogP) is 17.8. The molecule has 0 aromatic carbocycles. The second-order valence-electron chi connectivity index (χ2n) is 17.0. The van der Waals surface area contributed by atoms with Crippen LogP contribution in [0.4, 0.5) is 0 Å². The molecule has 378 valence electrons. The summed E-state index contributed by atoms with van der Waals surface area (Å²) in [5.41, 5.74) is 0. The summed E-state index contributed by atoms with van der Waals surface area (Å²) in [7, 11) is 0. The number of hydrogen-bond donors (Lipinski definition) is 0. The van der Waals surface area contributed by atoms with Crippen molar-refractivity contribution in [2.24, 2.45) is 0 Å². The smallest absolute Gasteiger partial charge is 0.306 e. The van der Waals surface area contributed by atoms with Gasteiger partial charge in [0.15, 0.2) is 6.10 Å². The summed E-state index contributed by atoms with van der Waals surface area (Å²) in [6.07, 6.45) is 79.5. The molecule has 0 spiro atoms. The maximum atomic E-state index is 12.8. The van der Waals surface area contributed by atoms with Crippen molar-refractivity contribution in [2.75, 3.05) is 13.2 Å². The van der Waals surface area contributed by atoms with Crippen molar-refractivity contribution in [3.63, 3.8) is 0 Å². The lowest BCUT2D eigenvalue weighted by Gasteiger charge is -2.18. The minimum absolute atomic E-state index is 0.135. The molecule has 0 aromatic heterocycles. The lowest BCUT2D eigenvalue weighted by molar-refractivity contribution is -0.167. The number of unbranched alkanes of at least 4 members (excludes halogenated alkanes) is 18. The Balaban J connectivity index is 4.61. The van der Waals surface area contributed by atoms with Gasteiger partial charge in [0.1, 0.15) is 13.2 Å². The summed E-state index contributed by atoms with van der Waals surface area (Å²) >= 11 is 0. The van der Waals surface area contributed by atoms with Gasteiger partial charge in [-0.25, -0.2) is 0 Å². The van der Waals surface area contributed by atoms with E-state index in [1.54, 1.807) is 0 Å². The maximum absolute atomic E-state index is 12.8. The maximum Gasteiger partial charge on any atom is 0.306 e. The van der Waals surface area contributed by atoms with Crippen LogP contribution >= 0.6 is 0 Å². The highest BCUT2D eigenvalue weighted by atomic mass is 16.6. The summed E-state index contributed by atoms with van der Waals surface area (Å²) in [5, 5.41) is 0. The van der Waals surface area contributed by atoms with E-state index >= 15 is 0 Å². The van der Waals surface area contributed by atoms with Crippen LogP contribution in [0.2, 0.25) is 0 Å². The highest BCUT2D eigenvalue weighted by molar-refractivity contribution is 5.71. The Hall–Kier alpha value is -4.97. The molecule has 6 nitrogen and oxygen atoms in total. The van der Waals surface area contributed by atoms with E-state index in [9.17, 15) is 14.4 Å². The number of allylic oxidation sites excluding steroid dienone is 26. The van der Waals surface area contributed by atoms with Crippen molar-refractivity contribution >= 4 is 17.9 Å². The molecule has 0 aliphatic rings. The molecule has 0 amide bonds. The van der Waals surface area contributed by atoms with Crippen molar-refractivity contribution in [1.82, 2.24) is 0 Å². The number of ether oxygens (including phenoxy) is 3. The van der Waals surface area contributed by atoms with E-state index in [0.717, 1.165) is 70.6 Å². The number of hydrogen-bond acceptors (Lipinski definition) is 6. The lowest BCUT2D eigenvalue weighted by Crippen LogP contribution is -2.30. The first-order chi connectivity index (χ1) is 33.5. The van der Waals surface area contributed by atoms with Crippen LogP contribution < -0.4 is 0 Å². The van der Waals surface area contributed by atoms with E-state index < -0.39 is 6.10 Å².